The van der Waals surface area contributed by atoms with Crippen LogP contribution in [0.1, 0.15) is 10.4 Å². The van der Waals surface area contributed by atoms with E-state index in [-0.39, 0.29) is 11.6 Å². The van der Waals surface area contributed by atoms with Gasteiger partial charge in [0.2, 0.25) is 0 Å². The van der Waals surface area contributed by atoms with Crippen molar-refractivity contribution in [3.63, 3.8) is 0 Å². The van der Waals surface area contributed by atoms with Gasteiger partial charge in [0.05, 0.1) is 10.1 Å². The summed E-state index contributed by atoms with van der Waals surface area (Å²) in [7, 11) is 0. The lowest BCUT2D eigenvalue weighted by molar-refractivity contribution is 0.0697. The molecular weight excluding hydrogens is 373 g/mol. The van der Waals surface area contributed by atoms with Crippen LogP contribution in [0.15, 0.2) is 24.3 Å². The number of carbonyl (C=O) groups is 2. The number of aromatic carboxylic acids is 1. The molecule has 0 bridgehead atoms. The number of benzene rings is 1. The topological polar surface area (TPSA) is 72.9 Å². The highest BCUT2D eigenvalue weighted by atomic mass is 127. The molecule has 0 radical (unpaired) electrons. The van der Waals surface area contributed by atoms with Crippen molar-refractivity contribution in [1.29, 1.82) is 0 Å². The number of carbonyl (C=O) groups excluding carboxylic acids is 1. The smallest absolute Gasteiger partial charge is 0.335 e. The molecule has 2 rings (SSSR count). The average Bonchev–Trinajstić information content (AvgIpc) is 2.48. The summed E-state index contributed by atoms with van der Waals surface area (Å²) in [6, 6.07) is 6.02. The highest BCUT2D eigenvalue weighted by Gasteiger charge is 2.20. The van der Waals surface area contributed by atoms with Crippen molar-refractivity contribution < 1.29 is 14.7 Å². The normalized spacial score (nSPS) is 15.9. The minimum atomic E-state index is -0.974. The highest BCUT2D eigenvalue weighted by molar-refractivity contribution is 14.1. The molecule has 1 aromatic carbocycles. The summed E-state index contributed by atoms with van der Waals surface area (Å²) in [4.78, 5) is 26.9. The number of hydrogen-bond donors (Lipinski definition) is 2. The molecule has 1 aliphatic heterocycles. The fourth-order valence-electron chi connectivity index (χ4n) is 1.97. The molecule has 1 heterocycles. The zero-order valence-electron chi connectivity index (χ0n) is 10.9. The molecule has 0 aliphatic carbocycles. The molecule has 1 aliphatic rings. The van der Waals surface area contributed by atoms with E-state index in [4.69, 9.17) is 5.11 Å². The number of alkyl halides is 1. The van der Waals surface area contributed by atoms with Crippen LogP contribution in [0.2, 0.25) is 0 Å². The Morgan fingerprint density at radius 1 is 1.15 bits per heavy atom. The Bertz CT molecular complexity index is 484. The molecule has 2 amide bonds. The first-order valence-electron chi connectivity index (χ1n) is 6.28. The van der Waals surface area contributed by atoms with Crippen LogP contribution >= 0.6 is 22.6 Å². The van der Waals surface area contributed by atoms with Crippen LogP contribution in [0.4, 0.5) is 10.5 Å². The quantitative estimate of drug-likeness (QED) is 0.471. The molecule has 1 saturated heterocycles. The van der Waals surface area contributed by atoms with Gasteiger partial charge >= 0.3 is 12.0 Å². The molecule has 7 heteroatoms. The molecule has 0 atom stereocenters. The Labute approximate surface area is 130 Å². The van der Waals surface area contributed by atoms with Gasteiger partial charge in [-0.25, -0.2) is 9.59 Å². The molecule has 1 aromatic rings. The van der Waals surface area contributed by atoms with E-state index < -0.39 is 5.97 Å². The van der Waals surface area contributed by atoms with Crippen LogP contribution in [0, 0.1) is 0 Å². The van der Waals surface area contributed by atoms with Crippen molar-refractivity contribution in [1.82, 2.24) is 9.80 Å². The first-order valence-corrected chi connectivity index (χ1v) is 7.80. The van der Waals surface area contributed by atoms with Gasteiger partial charge in [-0.1, -0.05) is 22.6 Å². The third-order valence-corrected chi connectivity index (χ3v) is 4.18. The average molecular weight is 389 g/mol. The zero-order valence-corrected chi connectivity index (χ0v) is 13.0. The Morgan fingerprint density at radius 2 is 1.75 bits per heavy atom. The summed E-state index contributed by atoms with van der Waals surface area (Å²) >= 11 is 2.32. The lowest BCUT2D eigenvalue weighted by Gasteiger charge is -2.33. The fraction of sp³-hybridized carbons (Fsp3) is 0.385. The predicted octanol–water partition coefficient (Wildman–Crippen LogP) is 1.93. The van der Waals surface area contributed by atoms with E-state index in [1.807, 2.05) is 0 Å². The maximum absolute atomic E-state index is 12.1. The second-order valence-electron chi connectivity index (χ2n) is 4.54. The Morgan fingerprint density at radius 3 is 2.25 bits per heavy atom. The predicted molar refractivity (Wildman–Crippen MR) is 84.5 cm³/mol. The number of urea groups is 1. The van der Waals surface area contributed by atoms with E-state index in [0.29, 0.717) is 18.8 Å². The van der Waals surface area contributed by atoms with Gasteiger partial charge < -0.3 is 15.3 Å². The van der Waals surface area contributed by atoms with Crippen LogP contribution in [-0.2, 0) is 0 Å². The van der Waals surface area contributed by atoms with Gasteiger partial charge in [0.25, 0.3) is 0 Å². The summed E-state index contributed by atoms with van der Waals surface area (Å²) in [5.74, 6) is -0.974. The molecule has 20 heavy (non-hydrogen) atoms. The van der Waals surface area contributed by atoms with E-state index in [9.17, 15) is 9.59 Å². The van der Waals surface area contributed by atoms with E-state index >= 15 is 0 Å². The van der Waals surface area contributed by atoms with Crippen LogP contribution < -0.4 is 5.32 Å². The van der Waals surface area contributed by atoms with Crippen molar-refractivity contribution in [3.8, 4) is 0 Å². The van der Waals surface area contributed by atoms with E-state index in [1.165, 1.54) is 12.1 Å². The molecule has 108 valence electrons. The molecule has 0 aromatic heterocycles. The fourth-order valence-corrected chi connectivity index (χ4v) is 2.65. The largest absolute Gasteiger partial charge is 0.478 e. The Balaban J connectivity index is 1.90. The number of rotatable bonds is 3. The maximum atomic E-state index is 12.1. The number of nitrogens with one attached hydrogen (secondary N) is 1. The van der Waals surface area contributed by atoms with Crippen LogP contribution in [0.3, 0.4) is 0 Å². The maximum Gasteiger partial charge on any atom is 0.335 e. The van der Waals surface area contributed by atoms with Crippen LogP contribution in [0.25, 0.3) is 0 Å². The molecule has 0 spiro atoms. The van der Waals surface area contributed by atoms with Crippen molar-refractivity contribution in [3.05, 3.63) is 29.8 Å². The van der Waals surface area contributed by atoms with Gasteiger partial charge in [0.1, 0.15) is 0 Å². The Hall–Kier alpha value is -1.35. The monoisotopic (exact) mass is 389 g/mol. The van der Waals surface area contributed by atoms with Gasteiger partial charge in [0, 0.05) is 31.9 Å². The molecule has 1 fully saturated rings. The second kappa shape index (κ2) is 6.89. The zero-order chi connectivity index (χ0) is 14.5. The van der Waals surface area contributed by atoms with Crippen LogP contribution in [0.5, 0.6) is 0 Å². The van der Waals surface area contributed by atoms with Crippen molar-refractivity contribution >= 4 is 40.3 Å². The first-order chi connectivity index (χ1) is 9.60. The van der Waals surface area contributed by atoms with Crippen LogP contribution in [-0.4, -0.2) is 57.6 Å². The molecule has 0 saturated carbocycles. The lowest BCUT2D eigenvalue weighted by Crippen LogP contribution is -2.49. The highest BCUT2D eigenvalue weighted by Crippen LogP contribution is 2.11. The summed E-state index contributed by atoms with van der Waals surface area (Å²) < 4.78 is 0.976. The van der Waals surface area contributed by atoms with Gasteiger partial charge in [-0.15, -0.1) is 0 Å². The number of hydrogen-bond acceptors (Lipinski definition) is 3. The molecular formula is C13H16IN3O3. The summed E-state index contributed by atoms with van der Waals surface area (Å²) in [6.07, 6.45) is 0. The van der Waals surface area contributed by atoms with E-state index in [2.05, 4.69) is 32.8 Å². The molecule has 0 unspecified atom stereocenters. The first kappa shape index (κ1) is 15.0. The van der Waals surface area contributed by atoms with Gasteiger partial charge in [-0.3, -0.25) is 4.90 Å². The summed E-state index contributed by atoms with van der Waals surface area (Å²) in [5, 5.41) is 11.6. The second-order valence-corrected chi connectivity index (χ2v) is 5.22. The third kappa shape index (κ3) is 3.83. The lowest BCUT2D eigenvalue weighted by atomic mass is 10.2. The van der Waals surface area contributed by atoms with E-state index in [1.54, 1.807) is 17.0 Å². The van der Waals surface area contributed by atoms with Gasteiger partial charge in [-0.2, -0.15) is 0 Å². The van der Waals surface area contributed by atoms with Crippen molar-refractivity contribution in [2.24, 2.45) is 0 Å². The minimum Gasteiger partial charge on any atom is -0.478 e. The standard InChI is InChI=1S/C13H16IN3O3/c14-9-16-5-7-17(8-6-16)13(20)15-11-3-1-10(2-4-11)12(18)19/h1-4H,5-9H2,(H,15,20)(H,18,19). The number of nitrogens with zero attached hydrogens (tertiary/aromatic N) is 2. The summed E-state index contributed by atoms with van der Waals surface area (Å²) in [6.45, 7) is 3.19. The van der Waals surface area contributed by atoms with Gasteiger partial charge in [-0.05, 0) is 24.3 Å². The Kier molecular flexibility index (Phi) is 5.18. The third-order valence-electron chi connectivity index (χ3n) is 3.21. The SMILES string of the molecule is O=C(O)c1ccc(NC(=O)N2CCN(CI)CC2)cc1. The molecule has 2 N–H and O–H groups in total. The molecule has 6 nitrogen and oxygen atoms in total. The van der Waals surface area contributed by atoms with E-state index in [0.717, 1.165) is 17.6 Å². The van der Waals surface area contributed by atoms with Gasteiger partial charge in [0.15, 0.2) is 0 Å². The number of halogens is 1. The number of piperazine rings is 1. The number of carboxylic acids is 1. The number of carboxylic acid groups (broad SMARTS) is 1. The van der Waals surface area contributed by atoms with Crippen molar-refractivity contribution in [2.45, 2.75) is 0 Å². The summed E-state index contributed by atoms with van der Waals surface area (Å²) in [5.41, 5.74) is 0.815. The minimum absolute atomic E-state index is 0.138. The number of anilines is 1. The van der Waals surface area contributed by atoms with Crippen molar-refractivity contribution in [2.75, 3.05) is 36.0 Å². The number of amides is 2.